The number of non-ortho nitro benzene ring substituents is 1. The van der Waals surface area contributed by atoms with Crippen LogP contribution in [-0.2, 0) is 30.0 Å². The number of aliphatic hydroxyl groups excluding tert-OH is 1. The number of phosphoric ester groups is 1. The summed E-state index contributed by atoms with van der Waals surface area (Å²) >= 11 is 0. The zero-order valence-corrected chi connectivity index (χ0v) is 24.4. The number of hydrogen-bond donors (Lipinski definition) is 1. The van der Waals surface area contributed by atoms with Crippen molar-refractivity contribution in [2.24, 2.45) is 11.8 Å². The predicted molar refractivity (Wildman–Crippen MR) is 152 cm³/mol. The number of hydrogen-bond acceptors (Lipinski definition) is 10. The molecule has 1 saturated heterocycles. The molecule has 2 aliphatic rings. The Balaban J connectivity index is 1.49. The van der Waals surface area contributed by atoms with Gasteiger partial charge in [0.25, 0.3) is 5.69 Å². The fourth-order valence-electron chi connectivity index (χ4n) is 5.15. The lowest BCUT2D eigenvalue weighted by molar-refractivity contribution is -0.384. The number of carbonyl (C=O) groups excluding carboxylic acids is 2. The molecule has 0 radical (unpaired) electrons. The summed E-state index contributed by atoms with van der Waals surface area (Å²) < 4.78 is 37.3. The number of ether oxygens (including phenoxy) is 1. The van der Waals surface area contributed by atoms with Crippen LogP contribution in [-0.4, -0.2) is 39.0 Å². The smallest absolute Gasteiger partial charge is 0.456 e. The van der Waals surface area contributed by atoms with Gasteiger partial charge in [-0.25, -0.2) is 4.79 Å². The van der Waals surface area contributed by atoms with E-state index in [-0.39, 0.29) is 35.2 Å². The number of benzene rings is 3. The molecule has 5 rings (SSSR count). The van der Waals surface area contributed by atoms with E-state index in [1.165, 1.54) is 36.1 Å². The number of rotatable bonds is 11. The molecule has 0 saturated carbocycles. The van der Waals surface area contributed by atoms with Gasteiger partial charge in [-0.2, -0.15) is 4.57 Å². The van der Waals surface area contributed by atoms with Gasteiger partial charge in [-0.3, -0.25) is 19.8 Å². The summed E-state index contributed by atoms with van der Waals surface area (Å²) in [5.41, 5.74) is 0.870. The summed E-state index contributed by atoms with van der Waals surface area (Å²) in [7, 11) is -4.56. The average Bonchev–Trinajstić information content (AvgIpc) is 3.19. The van der Waals surface area contributed by atoms with E-state index in [1.807, 2.05) is 13.0 Å². The molecule has 43 heavy (non-hydrogen) atoms. The summed E-state index contributed by atoms with van der Waals surface area (Å²) in [6.45, 7) is 4.70. The molecule has 2 heterocycles. The van der Waals surface area contributed by atoms with Crippen LogP contribution in [0.5, 0.6) is 11.5 Å². The predicted octanol–water partition coefficient (Wildman–Crippen LogP) is 5.30. The monoisotopic (exact) mass is 608 g/mol. The molecule has 0 bridgehead atoms. The highest BCUT2D eigenvalue weighted by Crippen LogP contribution is 2.57. The second-order valence-corrected chi connectivity index (χ2v) is 11.8. The van der Waals surface area contributed by atoms with Gasteiger partial charge in [-0.15, -0.1) is 0 Å². The number of nitrogens with zero attached hydrogens (tertiary/aromatic N) is 2. The lowest BCUT2D eigenvalue weighted by atomic mass is 9.79. The number of esters is 1. The first-order valence-electron chi connectivity index (χ1n) is 13.4. The van der Waals surface area contributed by atoms with Gasteiger partial charge in [0.1, 0.15) is 23.9 Å². The van der Waals surface area contributed by atoms with Crippen LogP contribution in [0.15, 0.2) is 90.3 Å². The van der Waals surface area contributed by atoms with Gasteiger partial charge in [-0.05, 0) is 61.4 Å². The number of carbonyl (C=O) groups is 2. The molecule has 0 spiro atoms. The number of aryl methyl sites for hydroxylation is 1. The highest BCUT2D eigenvalue weighted by Gasteiger charge is 2.62. The van der Waals surface area contributed by atoms with Crippen molar-refractivity contribution in [3.8, 4) is 11.5 Å². The minimum absolute atomic E-state index is 0.126. The molecular weight excluding hydrogens is 579 g/mol. The molecule has 1 N–H and O–H groups in total. The molecule has 0 aromatic heterocycles. The van der Waals surface area contributed by atoms with Gasteiger partial charge in [0.15, 0.2) is 5.70 Å². The van der Waals surface area contributed by atoms with E-state index in [9.17, 15) is 29.4 Å². The molecular formula is C30H29N2O10P. The Labute approximate surface area is 247 Å². The van der Waals surface area contributed by atoms with Crippen molar-refractivity contribution >= 4 is 25.4 Å². The Hall–Kier alpha value is -4.67. The molecule has 12 nitrogen and oxygen atoms in total. The van der Waals surface area contributed by atoms with Crippen LogP contribution in [0.1, 0.15) is 25.0 Å². The van der Waals surface area contributed by atoms with Gasteiger partial charge < -0.3 is 23.4 Å². The Kier molecular flexibility index (Phi) is 8.25. The first kappa shape index (κ1) is 29.8. The van der Waals surface area contributed by atoms with Gasteiger partial charge in [0.05, 0.1) is 23.0 Å². The zero-order valence-electron chi connectivity index (χ0n) is 23.5. The van der Waals surface area contributed by atoms with Crippen molar-refractivity contribution in [1.29, 1.82) is 0 Å². The number of β-lactam (4-membered cyclic amide) rings is 1. The molecule has 1 unspecified atom stereocenters. The van der Waals surface area contributed by atoms with Crippen LogP contribution in [0.2, 0.25) is 0 Å². The molecule has 1 fully saturated rings. The number of phosphoric acid groups is 1. The number of aliphatic hydroxyl groups is 1. The van der Waals surface area contributed by atoms with Crippen molar-refractivity contribution in [1.82, 2.24) is 4.90 Å². The third-order valence-corrected chi connectivity index (χ3v) is 8.49. The van der Waals surface area contributed by atoms with Gasteiger partial charge in [0, 0.05) is 18.1 Å². The van der Waals surface area contributed by atoms with Crippen molar-refractivity contribution < 1.29 is 42.5 Å². The quantitative estimate of drug-likeness (QED) is 0.0997. The third-order valence-electron chi connectivity index (χ3n) is 7.20. The molecule has 5 atom stereocenters. The lowest BCUT2D eigenvalue weighted by Gasteiger charge is -2.46. The molecule has 13 heteroatoms. The van der Waals surface area contributed by atoms with Crippen LogP contribution >= 0.6 is 7.82 Å². The van der Waals surface area contributed by atoms with Crippen molar-refractivity contribution in [3.05, 3.63) is 112 Å². The Morgan fingerprint density at radius 2 is 1.67 bits per heavy atom. The van der Waals surface area contributed by atoms with E-state index in [4.69, 9.17) is 18.3 Å². The number of nitro groups is 1. The van der Waals surface area contributed by atoms with E-state index < -0.39 is 48.6 Å². The van der Waals surface area contributed by atoms with E-state index in [0.717, 1.165) is 5.56 Å². The molecule has 3 aromatic rings. The van der Waals surface area contributed by atoms with Gasteiger partial charge in [-0.1, -0.05) is 37.3 Å². The molecule has 0 aliphatic carbocycles. The first-order chi connectivity index (χ1) is 20.5. The normalized spacial score (nSPS) is 21.3. The van der Waals surface area contributed by atoms with Crippen LogP contribution in [0, 0.1) is 28.9 Å². The first-order valence-corrected chi connectivity index (χ1v) is 14.9. The van der Waals surface area contributed by atoms with Gasteiger partial charge in [0.2, 0.25) is 5.91 Å². The maximum atomic E-state index is 14.3. The van der Waals surface area contributed by atoms with Crippen LogP contribution in [0.25, 0.3) is 0 Å². The largest absolute Gasteiger partial charge is 0.646 e. The van der Waals surface area contributed by atoms with Crippen molar-refractivity contribution in [2.45, 2.75) is 39.5 Å². The lowest BCUT2D eigenvalue weighted by Crippen LogP contribution is -2.63. The minimum atomic E-state index is -4.56. The second-order valence-electron chi connectivity index (χ2n) is 10.3. The molecule has 1 amide bonds. The number of nitro benzene ring substituents is 1. The second kappa shape index (κ2) is 11.9. The minimum Gasteiger partial charge on any atom is -0.456 e. The molecule has 3 aromatic carbocycles. The van der Waals surface area contributed by atoms with E-state index in [0.29, 0.717) is 5.56 Å². The summed E-state index contributed by atoms with van der Waals surface area (Å²) in [5, 5.41) is 21.3. The zero-order chi connectivity index (χ0) is 30.9. The van der Waals surface area contributed by atoms with Crippen LogP contribution in [0.3, 0.4) is 0 Å². The van der Waals surface area contributed by atoms with Crippen molar-refractivity contribution in [2.75, 3.05) is 0 Å². The summed E-state index contributed by atoms with van der Waals surface area (Å²) in [6.07, 6.45) is -1.02. The fourth-order valence-corrected chi connectivity index (χ4v) is 6.51. The topological polar surface area (TPSA) is 155 Å². The Morgan fingerprint density at radius 3 is 2.30 bits per heavy atom. The SMILES string of the molecule is Cc1cccc(OP(=O)(OC2=C(C(=O)OCc3ccc([N+](=O)[O-])cc3)N3C(=O)[C@H]([C@@H](C)O)[C@H]3[C@H]2C)Oc2ccccc2)c1. The number of amides is 1. The Morgan fingerprint density at radius 1 is 1.02 bits per heavy atom. The standard InChI is InChI=1S/C30H29N2O10P/c1-18-8-7-11-24(16-18)41-43(38,40-23-9-5-4-6-10-23)42-28-19(2)26-25(20(3)33)29(34)31(26)27(28)30(35)39-17-21-12-14-22(15-13-21)32(36)37/h4-16,19-20,25-26,33H,17H2,1-3H3/t19-,20-,25-,26-,43?/m1/s1. The van der Waals surface area contributed by atoms with Gasteiger partial charge >= 0.3 is 13.8 Å². The van der Waals surface area contributed by atoms with Crippen LogP contribution < -0.4 is 9.05 Å². The number of fused-ring (bicyclic) bond motifs is 1. The average molecular weight is 609 g/mol. The maximum Gasteiger partial charge on any atom is 0.646 e. The molecule has 224 valence electrons. The van der Waals surface area contributed by atoms with E-state index >= 15 is 0 Å². The van der Waals surface area contributed by atoms with E-state index in [1.54, 1.807) is 55.5 Å². The summed E-state index contributed by atoms with van der Waals surface area (Å²) in [6, 6.07) is 19.7. The van der Waals surface area contributed by atoms with E-state index in [2.05, 4.69) is 0 Å². The summed E-state index contributed by atoms with van der Waals surface area (Å²) in [5.74, 6) is -2.80. The summed E-state index contributed by atoms with van der Waals surface area (Å²) in [4.78, 5) is 38.2. The maximum absolute atomic E-state index is 14.3. The fraction of sp³-hybridized carbons (Fsp3) is 0.267. The third kappa shape index (κ3) is 6.11. The Bertz CT molecular complexity index is 1620. The highest BCUT2D eigenvalue weighted by molar-refractivity contribution is 7.49. The van der Waals surface area contributed by atoms with Crippen molar-refractivity contribution in [3.63, 3.8) is 0 Å². The number of para-hydroxylation sites is 1. The van der Waals surface area contributed by atoms with Crippen LogP contribution in [0.4, 0.5) is 5.69 Å². The molecule has 2 aliphatic heterocycles. The highest BCUT2D eigenvalue weighted by atomic mass is 31.2.